The van der Waals surface area contributed by atoms with Crippen molar-refractivity contribution in [1.29, 1.82) is 0 Å². The standard InChI is InChI=1S/C11H15F2NO/c1-7(2)6-15-11-9(12)3-8(5-14)4-10(11)13/h3-4,7H,5-6,14H2,1-2H3. The highest BCUT2D eigenvalue weighted by atomic mass is 19.1. The molecule has 84 valence electrons. The zero-order chi connectivity index (χ0) is 11.4. The Morgan fingerprint density at radius 3 is 2.20 bits per heavy atom. The molecule has 0 aliphatic rings. The van der Waals surface area contributed by atoms with Crippen LogP contribution in [0.3, 0.4) is 0 Å². The van der Waals surface area contributed by atoms with Gasteiger partial charge in [0.15, 0.2) is 17.4 Å². The maximum atomic E-state index is 13.3. The lowest BCUT2D eigenvalue weighted by Gasteiger charge is -2.11. The van der Waals surface area contributed by atoms with Crippen LogP contribution in [0, 0.1) is 17.6 Å². The number of hydrogen-bond acceptors (Lipinski definition) is 2. The lowest BCUT2D eigenvalue weighted by Crippen LogP contribution is -2.08. The molecule has 0 saturated carbocycles. The number of benzene rings is 1. The predicted octanol–water partition coefficient (Wildman–Crippen LogP) is 2.46. The minimum atomic E-state index is -0.698. The Hall–Kier alpha value is -1.16. The first kappa shape index (κ1) is 11.9. The van der Waals surface area contributed by atoms with Crippen molar-refractivity contribution < 1.29 is 13.5 Å². The fraction of sp³-hybridized carbons (Fsp3) is 0.455. The van der Waals surface area contributed by atoms with Crippen molar-refractivity contribution in [2.45, 2.75) is 20.4 Å². The van der Waals surface area contributed by atoms with Crippen LogP contribution in [0.25, 0.3) is 0 Å². The summed E-state index contributed by atoms with van der Waals surface area (Å²) in [6.07, 6.45) is 0. The van der Waals surface area contributed by atoms with Crippen LogP contribution in [0.2, 0.25) is 0 Å². The lowest BCUT2D eigenvalue weighted by atomic mass is 10.2. The third-order valence-corrected chi connectivity index (χ3v) is 1.85. The van der Waals surface area contributed by atoms with E-state index in [4.69, 9.17) is 10.5 Å². The van der Waals surface area contributed by atoms with Gasteiger partial charge >= 0.3 is 0 Å². The van der Waals surface area contributed by atoms with E-state index in [9.17, 15) is 8.78 Å². The van der Waals surface area contributed by atoms with Gasteiger partial charge in [-0.1, -0.05) is 13.8 Å². The summed E-state index contributed by atoms with van der Waals surface area (Å²) in [5, 5.41) is 0. The molecule has 0 saturated heterocycles. The highest BCUT2D eigenvalue weighted by Crippen LogP contribution is 2.23. The van der Waals surface area contributed by atoms with Gasteiger partial charge < -0.3 is 10.5 Å². The van der Waals surface area contributed by atoms with Crippen LogP contribution in [-0.2, 0) is 6.54 Å². The third-order valence-electron chi connectivity index (χ3n) is 1.85. The summed E-state index contributed by atoms with van der Waals surface area (Å²) in [5.41, 5.74) is 5.70. The highest BCUT2D eigenvalue weighted by Gasteiger charge is 2.12. The normalized spacial score (nSPS) is 10.8. The molecule has 0 unspecified atom stereocenters. The van der Waals surface area contributed by atoms with Crippen LogP contribution < -0.4 is 10.5 Å². The van der Waals surface area contributed by atoms with Gasteiger partial charge in [0.05, 0.1) is 6.61 Å². The molecule has 1 rings (SSSR count). The van der Waals surface area contributed by atoms with Crippen molar-refractivity contribution in [3.05, 3.63) is 29.3 Å². The predicted molar refractivity (Wildman–Crippen MR) is 54.6 cm³/mol. The van der Waals surface area contributed by atoms with Gasteiger partial charge in [0.1, 0.15) is 0 Å². The molecule has 0 atom stereocenters. The van der Waals surface area contributed by atoms with E-state index in [-0.39, 0.29) is 24.8 Å². The molecule has 0 radical (unpaired) electrons. The average molecular weight is 215 g/mol. The molecule has 0 bridgehead atoms. The molecular weight excluding hydrogens is 200 g/mol. The van der Waals surface area contributed by atoms with Gasteiger partial charge in [-0.15, -0.1) is 0 Å². The molecule has 0 heterocycles. The van der Waals surface area contributed by atoms with Crippen molar-refractivity contribution >= 4 is 0 Å². The first-order valence-electron chi connectivity index (χ1n) is 4.85. The molecule has 1 aromatic rings. The number of halogens is 2. The van der Waals surface area contributed by atoms with Crippen molar-refractivity contribution in [3.8, 4) is 5.75 Å². The molecule has 2 N–H and O–H groups in total. The molecule has 0 aliphatic heterocycles. The summed E-state index contributed by atoms with van der Waals surface area (Å²) >= 11 is 0. The molecule has 0 aromatic heterocycles. The van der Waals surface area contributed by atoms with Crippen molar-refractivity contribution in [3.63, 3.8) is 0 Å². The van der Waals surface area contributed by atoms with E-state index in [0.717, 1.165) is 0 Å². The second-order valence-electron chi connectivity index (χ2n) is 3.80. The summed E-state index contributed by atoms with van der Waals surface area (Å²) in [6, 6.07) is 2.39. The quantitative estimate of drug-likeness (QED) is 0.837. The summed E-state index contributed by atoms with van der Waals surface area (Å²) < 4.78 is 31.7. The third kappa shape index (κ3) is 3.16. The van der Waals surface area contributed by atoms with Gasteiger partial charge in [0.2, 0.25) is 0 Å². The zero-order valence-electron chi connectivity index (χ0n) is 8.89. The van der Waals surface area contributed by atoms with E-state index in [1.165, 1.54) is 12.1 Å². The maximum Gasteiger partial charge on any atom is 0.190 e. The Morgan fingerprint density at radius 2 is 1.80 bits per heavy atom. The van der Waals surface area contributed by atoms with Crippen molar-refractivity contribution in [2.24, 2.45) is 11.7 Å². The summed E-state index contributed by atoms with van der Waals surface area (Å²) in [4.78, 5) is 0. The Kier molecular flexibility index (Phi) is 4.03. The molecule has 0 fully saturated rings. The number of nitrogens with two attached hydrogens (primary N) is 1. The lowest BCUT2D eigenvalue weighted by molar-refractivity contribution is 0.247. The largest absolute Gasteiger partial charge is 0.487 e. The summed E-state index contributed by atoms with van der Waals surface area (Å²) in [6.45, 7) is 4.21. The SMILES string of the molecule is CC(C)COc1c(F)cc(CN)cc1F. The first-order chi connectivity index (χ1) is 7.04. The Bertz CT molecular complexity index is 316. The molecule has 2 nitrogen and oxygen atoms in total. The van der Waals surface area contributed by atoms with Crippen molar-refractivity contribution in [1.82, 2.24) is 0 Å². The topological polar surface area (TPSA) is 35.2 Å². The Labute approximate surface area is 88.0 Å². The smallest absolute Gasteiger partial charge is 0.190 e. The molecule has 1 aromatic carbocycles. The van der Waals surface area contributed by atoms with E-state index in [2.05, 4.69) is 0 Å². The summed E-state index contributed by atoms with van der Waals surface area (Å²) in [7, 11) is 0. The van der Waals surface area contributed by atoms with Crippen LogP contribution in [0.1, 0.15) is 19.4 Å². The molecule has 4 heteroatoms. The Morgan fingerprint density at radius 1 is 1.27 bits per heavy atom. The van der Waals surface area contributed by atoms with E-state index in [1.807, 2.05) is 13.8 Å². The van der Waals surface area contributed by atoms with Crippen molar-refractivity contribution in [2.75, 3.05) is 6.61 Å². The molecule has 0 spiro atoms. The minimum Gasteiger partial charge on any atom is -0.487 e. The average Bonchev–Trinajstić information content (AvgIpc) is 2.15. The number of rotatable bonds is 4. The highest BCUT2D eigenvalue weighted by molar-refractivity contribution is 5.31. The maximum absolute atomic E-state index is 13.3. The van der Waals surface area contributed by atoms with Crippen LogP contribution in [0.5, 0.6) is 5.75 Å². The minimum absolute atomic E-state index is 0.109. The van der Waals surface area contributed by atoms with Gasteiger partial charge in [0.25, 0.3) is 0 Å². The van der Waals surface area contributed by atoms with E-state index < -0.39 is 11.6 Å². The van der Waals surface area contributed by atoms with Crippen LogP contribution in [-0.4, -0.2) is 6.61 Å². The second kappa shape index (κ2) is 5.07. The first-order valence-corrected chi connectivity index (χ1v) is 4.85. The van der Waals surface area contributed by atoms with E-state index in [1.54, 1.807) is 0 Å². The molecule has 0 amide bonds. The molecule has 0 aliphatic carbocycles. The number of ether oxygens (including phenoxy) is 1. The zero-order valence-corrected chi connectivity index (χ0v) is 8.89. The van der Waals surface area contributed by atoms with Gasteiger partial charge in [-0.05, 0) is 23.6 Å². The van der Waals surface area contributed by atoms with Gasteiger partial charge in [-0.2, -0.15) is 0 Å². The van der Waals surface area contributed by atoms with Gasteiger partial charge in [-0.25, -0.2) is 8.78 Å². The Balaban J connectivity index is 2.88. The summed E-state index contributed by atoms with van der Waals surface area (Å²) in [5.74, 6) is -1.49. The van der Waals surface area contributed by atoms with Crippen LogP contribution >= 0.6 is 0 Å². The molecular formula is C11H15F2NO. The molecule has 15 heavy (non-hydrogen) atoms. The van der Waals surface area contributed by atoms with Crippen LogP contribution in [0.4, 0.5) is 8.78 Å². The fourth-order valence-corrected chi connectivity index (χ4v) is 1.12. The van der Waals surface area contributed by atoms with E-state index >= 15 is 0 Å². The monoisotopic (exact) mass is 215 g/mol. The van der Waals surface area contributed by atoms with Crippen LogP contribution in [0.15, 0.2) is 12.1 Å². The van der Waals surface area contributed by atoms with Gasteiger partial charge in [-0.3, -0.25) is 0 Å². The number of hydrogen-bond donors (Lipinski definition) is 1. The second-order valence-corrected chi connectivity index (χ2v) is 3.80. The fourth-order valence-electron chi connectivity index (χ4n) is 1.12. The van der Waals surface area contributed by atoms with E-state index in [0.29, 0.717) is 5.56 Å². The van der Waals surface area contributed by atoms with Gasteiger partial charge in [0, 0.05) is 6.54 Å².